The Balaban J connectivity index is 2.17. The molecule has 0 aliphatic carbocycles. The van der Waals surface area contributed by atoms with E-state index in [1.165, 1.54) is 0 Å². The second kappa shape index (κ2) is 9.92. The summed E-state index contributed by atoms with van der Waals surface area (Å²) >= 11 is 0. The van der Waals surface area contributed by atoms with Crippen molar-refractivity contribution in [1.29, 1.82) is 0 Å². The molecule has 2 aromatic carbocycles. The third-order valence-electron chi connectivity index (χ3n) is 3.46. The smallest absolute Gasteiger partial charge is 0.113 e. The minimum absolute atomic E-state index is 0.280. The fraction of sp³-hybridized carbons (Fsp3) is 0.0833. The summed E-state index contributed by atoms with van der Waals surface area (Å²) in [6.45, 7) is 3.94. The Bertz CT molecular complexity index is 950. The first kappa shape index (κ1) is 19.1. The maximum Gasteiger partial charge on any atom is 0.113 e. The number of benzene rings is 2. The first-order valence-corrected chi connectivity index (χ1v) is 8.19. The maximum absolute atomic E-state index is 13.1. The van der Waals surface area contributed by atoms with Crippen LogP contribution in [-0.4, -0.2) is 7.85 Å². The number of hydrogen-bond donors (Lipinski definition) is 0. The Morgan fingerprint density at radius 1 is 0.846 bits per heavy atom. The summed E-state index contributed by atoms with van der Waals surface area (Å²) in [5.41, 5.74) is 4.54. The third-order valence-corrected chi connectivity index (χ3v) is 3.46. The zero-order valence-corrected chi connectivity index (χ0v) is 14.9. The number of allylic oxidation sites excluding steroid dienone is 5. The van der Waals surface area contributed by atoms with E-state index in [0.29, 0.717) is 11.8 Å². The minimum Gasteiger partial charge on any atom is -0.214 e. The molecule has 0 aliphatic rings. The van der Waals surface area contributed by atoms with Gasteiger partial charge >= 0.3 is 0 Å². The molecule has 0 fully saturated rings. The van der Waals surface area contributed by atoms with Crippen LogP contribution in [-0.2, 0) is 0 Å². The van der Waals surface area contributed by atoms with Gasteiger partial charge in [-0.1, -0.05) is 65.0 Å². The van der Waals surface area contributed by atoms with Gasteiger partial charge in [0.1, 0.15) is 14.2 Å². The van der Waals surface area contributed by atoms with Crippen molar-refractivity contribution in [2.45, 2.75) is 13.8 Å². The van der Waals surface area contributed by atoms with E-state index in [2.05, 4.69) is 23.7 Å². The van der Waals surface area contributed by atoms with E-state index in [0.717, 1.165) is 22.3 Å². The predicted molar refractivity (Wildman–Crippen MR) is 109 cm³/mol. The third kappa shape index (κ3) is 6.35. The quantitative estimate of drug-likeness (QED) is 0.426. The van der Waals surface area contributed by atoms with Crippen molar-refractivity contribution in [2.24, 2.45) is 0 Å². The molecule has 0 N–H and O–H groups in total. The van der Waals surface area contributed by atoms with Crippen LogP contribution >= 0.6 is 0 Å². The Hall–Kier alpha value is -3.23. The molecule has 0 atom stereocenters. The van der Waals surface area contributed by atoms with E-state index in [9.17, 15) is 4.39 Å². The van der Waals surface area contributed by atoms with Gasteiger partial charge in [-0.2, -0.15) is 0 Å². The van der Waals surface area contributed by atoms with Crippen LogP contribution in [0.1, 0.15) is 25.0 Å². The highest BCUT2D eigenvalue weighted by Crippen LogP contribution is 2.08. The van der Waals surface area contributed by atoms with Crippen molar-refractivity contribution < 1.29 is 4.39 Å². The van der Waals surface area contributed by atoms with Crippen LogP contribution in [0.15, 0.2) is 89.8 Å². The van der Waals surface area contributed by atoms with Gasteiger partial charge in [0.25, 0.3) is 0 Å². The van der Waals surface area contributed by atoms with Crippen LogP contribution in [0, 0.1) is 23.7 Å². The van der Waals surface area contributed by atoms with Crippen molar-refractivity contribution in [3.05, 3.63) is 101 Å². The first-order valence-electron chi connectivity index (χ1n) is 8.19. The Morgan fingerprint density at radius 3 is 2.08 bits per heavy atom. The van der Waals surface area contributed by atoms with Gasteiger partial charge in [0, 0.05) is 16.7 Å². The molecule has 0 saturated carbocycles. The molecule has 0 aromatic heterocycles. The van der Waals surface area contributed by atoms with E-state index in [-0.39, 0.29) is 5.57 Å². The standard InChI is InChI=1S/C24H18BF/c1-19(2)23(14-10-20-6-4-3-5-7-20)15-11-22(18-26)9-8-21-12-16-24(25)17-13-21/h3-7,11-13,15-18H,1-2H3/b15-11-,22-18+. The maximum atomic E-state index is 13.1. The van der Waals surface area contributed by atoms with Gasteiger partial charge in [-0.05, 0) is 50.3 Å². The van der Waals surface area contributed by atoms with Gasteiger partial charge in [-0.3, -0.25) is 0 Å². The minimum atomic E-state index is 0.280. The Morgan fingerprint density at radius 2 is 1.46 bits per heavy atom. The molecule has 124 valence electrons. The van der Waals surface area contributed by atoms with Gasteiger partial charge in [0.05, 0.1) is 5.57 Å². The number of halogens is 1. The lowest BCUT2D eigenvalue weighted by atomic mass is 9.95. The molecule has 2 rings (SSSR count). The molecule has 0 saturated heterocycles. The second-order valence-electron chi connectivity index (χ2n) is 5.80. The monoisotopic (exact) mass is 336 g/mol. The van der Waals surface area contributed by atoms with Crippen LogP contribution in [0.2, 0.25) is 0 Å². The fourth-order valence-corrected chi connectivity index (χ4v) is 1.98. The second-order valence-corrected chi connectivity index (χ2v) is 5.80. The molecular formula is C24H18BF. The summed E-state index contributed by atoms with van der Waals surface area (Å²) in [7, 11) is 5.64. The molecule has 26 heavy (non-hydrogen) atoms. The predicted octanol–water partition coefficient (Wildman–Crippen LogP) is 4.63. The molecule has 0 aliphatic heterocycles. The van der Waals surface area contributed by atoms with Crippen molar-refractivity contribution in [1.82, 2.24) is 0 Å². The molecule has 0 nitrogen and oxygen atoms in total. The molecule has 0 heterocycles. The normalized spacial score (nSPS) is 10.5. The van der Waals surface area contributed by atoms with Crippen molar-refractivity contribution in [3.8, 4) is 23.7 Å². The lowest BCUT2D eigenvalue weighted by Crippen LogP contribution is -1.99. The summed E-state index contributed by atoms with van der Waals surface area (Å²) in [5.74, 6) is 12.0. The van der Waals surface area contributed by atoms with E-state index < -0.39 is 0 Å². The molecule has 2 radical (unpaired) electrons. The summed E-state index contributed by atoms with van der Waals surface area (Å²) in [5, 5.41) is 0. The lowest BCUT2D eigenvalue weighted by molar-refractivity contribution is 0.717. The lowest BCUT2D eigenvalue weighted by Gasteiger charge is -1.96. The average molecular weight is 336 g/mol. The van der Waals surface area contributed by atoms with Gasteiger partial charge in [0.15, 0.2) is 0 Å². The highest BCUT2D eigenvalue weighted by Gasteiger charge is 1.93. The van der Waals surface area contributed by atoms with Gasteiger partial charge < -0.3 is 0 Å². The average Bonchev–Trinajstić information content (AvgIpc) is 2.66. The highest BCUT2D eigenvalue weighted by atomic mass is 19.1. The van der Waals surface area contributed by atoms with Gasteiger partial charge in [-0.15, -0.1) is 0 Å². The Labute approximate surface area is 156 Å². The van der Waals surface area contributed by atoms with E-state index >= 15 is 0 Å². The molecule has 0 spiro atoms. The zero-order valence-electron chi connectivity index (χ0n) is 14.9. The molecule has 0 bridgehead atoms. The van der Waals surface area contributed by atoms with Crippen LogP contribution in [0.4, 0.5) is 4.39 Å². The van der Waals surface area contributed by atoms with Crippen LogP contribution in [0.3, 0.4) is 0 Å². The summed E-state index contributed by atoms with van der Waals surface area (Å²) in [6, 6.07) is 16.9. The Kier molecular flexibility index (Phi) is 7.29. The van der Waals surface area contributed by atoms with Crippen molar-refractivity contribution in [2.75, 3.05) is 0 Å². The number of hydrogen-bond acceptors (Lipinski definition) is 0. The SMILES string of the molecule is [B]c1ccc(C#CC(/C=C\C(C#Cc2ccccc2)=C(C)C)=C\F)cc1. The molecule has 0 unspecified atom stereocenters. The fourth-order valence-electron chi connectivity index (χ4n) is 1.98. The van der Waals surface area contributed by atoms with Crippen molar-refractivity contribution >= 4 is 13.3 Å². The van der Waals surface area contributed by atoms with E-state index in [4.69, 9.17) is 7.85 Å². The summed E-state index contributed by atoms with van der Waals surface area (Å²) < 4.78 is 13.1. The molecule has 0 amide bonds. The number of rotatable bonds is 2. The summed E-state index contributed by atoms with van der Waals surface area (Å²) in [6.07, 6.45) is 3.91. The van der Waals surface area contributed by atoms with Crippen LogP contribution in [0.25, 0.3) is 0 Å². The highest BCUT2D eigenvalue weighted by molar-refractivity contribution is 6.32. The van der Waals surface area contributed by atoms with E-state index in [1.54, 1.807) is 36.4 Å². The largest absolute Gasteiger partial charge is 0.214 e. The van der Waals surface area contributed by atoms with Gasteiger partial charge in [-0.25, -0.2) is 4.39 Å². The summed E-state index contributed by atoms with van der Waals surface area (Å²) in [4.78, 5) is 0. The molecular weight excluding hydrogens is 318 g/mol. The topological polar surface area (TPSA) is 0 Å². The van der Waals surface area contributed by atoms with Crippen molar-refractivity contribution in [3.63, 3.8) is 0 Å². The first-order chi connectivity index (χ1) is 12.6. The molecule has 2 heteroatoms. The van der Waals surface area contributed by atoms with Gasteiger partial charge in [0.2, 0.25) is 0 Å². The van der Waals surface area contributed by atoms with Crippen LogP contribution < -0.4 is 5.46 Å². The zero-order chi connectivity index (χ0) is 18.8. The van der Waals surface area contributed by atoms with Crippen LogP contribution in [0.5, 0.6) is 0 Å². The molecule has 2 aromatic rings. The van der Waals surface area contributed by atoms with E-state index in [1.807, 2.05) is 44.2 Å².